The van der Waals surface area contributed by atoms with Crippen molar-refractivity contribution in [3.05, 3.63) is 134 Å². The van der Waals surface area contributed by atoms with E-state index in [4.69, 9.17) is 23.7 Å². The molecule has 0 bridgehead atoms. The van der Waals surface area contributed by atoms with Gasteiger partial charge in [-0.2, -0.15) is 0 Å². The van der Waals surface area contributed by atoms with E-state index in [1.165, 1.54) is 0 Å². The lowest BCUT2D eigenvalue weighted by atomic mass is 9.98. The summed E-state index contributed by atoms with van der Waals surface area (Å²) in [6, 6.07) is 0. The van der Waals surface area contributed by atoms with Gasteiger partial charge >= 0.3 is 23.9 Å². The molecule has 0 saturated carbocycles. The first-order chi connectivity index (χ1) is 36.6. The molecule has 12 heteroatoms. The maximum Gasteiger partial charge on any atom is 0.335 e. The molecule has 1 heterocycles. The molecule has 6 unspecified atom stereocenters. The van der Waals surface area contributed by atoms with Gasteiger partial charge in [0, 0.05) is 19.3 Å². The highest BCUT2D eigenvalue weighted by molar-refractivity contribution is 5.74. The zero-order valence-electron chi connectivity index (χ0n) is 46.0. The minimum Gasteiger partial charge on any atom is -0.479 e. The van der Waals surface area contributed by atoms with Gasteiger partial charge in [-0.05, 0) is 116 Å². The van der Waals surface area contributed by atoms with E-state index in [1.54, 1.807) is 0 Å². The Labute approximate surface area is 451 Å². The number of hydrogen-bond acceptors (Lipinski definition) is 11. The fourth-order valence-corrected chi connectivity index (χ4v) is 7.50. The number of aliphatic carboxylic acids is 1. The van der Waals surface area contributed by atoms with Gasteiger partial charge in [0.2, 0.25) is 0 Å². The predicted octanol–water partition coefficient (Wildman–Crippen LogP) is 14.2. The summed E-state index contributed by atoms with van der Waals surface area (Å²) in [6.45, 7) is 5.55. The summed E-state index contributed by atoms with van der Waals surface area (Å²) >= 11 is 0. The van der Waals surface area contributed by atoms with Crippen molar-refractivity contribution in [3.8, 4) is 0 Å². The molecular weight excluding hydrogens is 949 g/mol. The molecule has 420 valence electrons. The number of esters is 3. The molecular formula is C63H96O12. The number of aliphatic hydroxyl groups is 2. The molecule has 6 atom stereocenters. The van der Waals surface area contributed by atoms with Crippen LogP contribution in [0.2, 0.25) is 0 Å². The maximum absolute atomic E-state index is 13.1. The Balaban J connectivity index is 2.78. The lowest BCUT2D eigenvalue weighted by molar-refractivity contribution is -0.301. The fourth-order valence-electron chi connectivity index (χ4n) is 7.50. The number of carbonyl (C=O) groups excluding carboxylic acids is 3. The molecule has 1 fully saturated rings. The van der Waals surface area contributed by atoms with Crippen LogP contribution < -0.4 is 0 Å². The normalized spacial score (nSPS) is 19.2. The molecule has 0 aromatic carbocycles. The quantitative estimate of drug-likeness (QED) is 0.0228. The van der Waals surface area contributed by atoms with Crippen LogP contribution in [0.5, 0.6) is 0 Å². The van der Waals surface area contributed by atoms with E-state index >= 15 is 0 Å². The van der Waals surface area contributed by atoms with E-state index in [-0.39, 0.29) is 25.9 Å². The summed E-state index contributed by atoms with van der Waals surface area (Å²) in [5, 5.41) is 31.4. The van der Waals surface area contributed by atoms with E-state index in [0.29, 0.717) is 25.7 Å². The van der Waals surface area contributed by atoms with E-state index in [9.17, 15) is 34.5 Å². The molecule has 1 saturated heterocycles. The van der Waals surface area contributed by atoms with Gasteiger partial charge in [-0.3, -0.25) is 14.4 Å². The lowest BCUT2D eigenvalue weighted by Gasteiger charge is -2.40. The Morgan fingerprint density at radius 2 is 0.827 bits per heavy atom. The van der Waals surface area contributed by atoms with Gasteiger partial charge < -0.3 is 39.0 Å². The predicted molar refractivity (Wildman–Crippen MR) is 303 cm³/mol. The van der Waals surface area contributed by atoms with Crippen LogP contribution in [0.1, 0.15) is 188 Å². The molecule has 0 amide bonds. The van der Waals surface area contributed by atoms with E-state index in [0.717, 1.165) is 122 Å². The summed E-state index contributed by atoms with van der Waals surface area (Å²) < 4.78 is 28.2. The van der Waals surface area contributed by atoms with Gasteiger partial charge in [-0.15, -0.1) is 0 Å². The molecule has 0 aliphatic carbocycles. The van der Waals surface area contributed by atoms with Gasteiger partial charge in [0.1, 0.15) is 18.8 Å². The summed E-state index contributed by atoms with van der Waals surface area (Å²) in [4.78, 5) is 51.0. The summed E-state index contributed by atoms with van der Waals surface area (Å²) in [7, 11) is 0. The van der Waals surface area contributed by atoms with E-state index in [2.05, 4.69) is 136 Å². The van der Waals surface area contributed by atoms with Crippen molar-refractivity contribution in [1.82, 2.24) is 0 Å². The van der Waals surface area contributed by atoms with Crippen molar-refractivity contribution in [2.75, 3.05) is 13.2 Å². The summed E-state index contributed by atoms with van der Waals surface area (Å²) in [5.74, 6) is -3.31. The molecule has 0 spiro atoms. The van der Waals surface area contributed by atoms with Crippen molar-refractivity contribution in [1.29, 1.82) is 0 Å². The van der Waals surface area contributed by atoms with Gasteiger partial charge in [-0.25, -0.2) is 4.79 Å². The average Bonchev–Trinajstić information content (AvgIpc) is 3.39. The van der Waals surface area contributed by atoms with Crippen LogP contribution >= 0.6 is 0 Å². The van der Waals surface area contributed by atoms with Crippen molar-refractivity contribution in [2.45, 2.75) is 225 Å². The Morgan fingerprint density at radius 3 is 1.27 bits per heavy atom. The maximum atomic E-state index is 13.1. The Bertz CT molecular complexity index is 1810. The number of hydrogen-bond donors (Lipinski definition) is 3. The highest BCUT2D eigenvalue weighted by atomic mass is 16.7. The second kappa shape index (κ2) is 49.7. The highest BCUT2D eigenvalue weighted by Crippen LogP contribution is 2.26. The van der Waals surface area contributed by atoms with E-state index < -0.39 is 67.3 Å². The Morgan fingerprint density at radius 1 is 0.440 bits per heavy atom. The molecule has 0 aromatic rings. The van der Waals surface area contributed by atoms with Crippen LogP contribution in [0, 0.1) is 0 Å². The van der Waals surface area contributed by atoms with Crippen molar-refractivity contribution >= 4 is 23.9 Å². The minimum absolute atomic E-state index is 0.0728. The van der Waals surface area contributed by atoms with Crippen LogP contribution in [-0.2, 0) is 42.9 Å². The third-order valence-corrected chi connectivity index (χ3v) is 11.7. The van der Waals surface area contributed by atoms with Gasteiger partial charge in [-0.1, -0.05) is 187 Å². The number of allylic oxidation sites excluding steroid dienone is 22. The van der Waals surface area contributed by atoms with Crippen LogP contribution in [0.3, 0.4) is 0 Å². The largest absolute Gasteiger partial charge is 0.479 e. The number of carbonyl (C=O) groups is 4. The first kappa shape index (κ1) is 67.9. The molecule has 1 rings (SSSR count). The fraction of sp³-hybridized carbons (Fsp3) is 0.587. The molecule has 0 radical (unpaired) electrons. The Kier molecular flexibility index (Phi) is 45.0. The number of carboxylic acid groups (broad SMARTS) is 1. The molecule has 3 N–H and O–H groups in total. The zero-order chi connectivity index (χ0) is 54.7. The molecule has 1 aliphatic rings. The lowest BCUT2D eigenvalue weighted by Crippen LogP contribution is -2.61. The molecule has 75 heavy (non-hydrogen) atoms. The first-order valence-electron chi connectivity index (χ1n) is 28.2. The molecule has 12 nitrogen and oxygen atoms in total. The van der Waals surface area contributed by atoms with E-state index in [1.807, 2.05) is 18.2 Å². The highest BCUT2D eigenvalue weighted by Gasteiger charge is 2.50. The number of ether oxygens (including phenoxy) is 5. The first-order valence-corrected chi connectivity index (χ1v) is 28.2. The van der Waals surface area contributed by atoms with Crippen molar-refractivity contribution in [2.24, 2.45) is 0 Å². The third kappa shape index (κ3) is 39.9. The number of unbranched alkanes of at least 4 members (excludes halogenated alkanes) is 9. The van der Waals surface area contributed by atoms with Gasteiger partial charge in [0.15, 0.2) is 24.6 Å². The SMILES string of the molecule is CC/C=C\C/C=C\C/C=C\C/C=C\CCCCCCC(=O)OCC(COC1OC(C(=O)O)C(O)C(O)C1OC(=O)CC/C=C\C/C=C\C/C=C\C/C=C\CC)OC(=O)CCCCCCC/C=C\C/C=C\C/C=C\CC. The van der Waals surface area contributed by atoms with Crippen molar-refractivity contribution < 1.29 is 58.2 Å². The van der Waals surface area contributed by atoms with Crippen LogP contribution in [-0.4, -0.2) is 89.2 Å². The van der Waals surface area contributed by atoms with Gasteiger partial charge in [0.25, 0.3) is 0 Å². The Hall–Kier alpha value is -5.14. The second-order valence-corrected chi connectivity index (χ2v) is 18.4. The number of rotatable bonds is 45. The van der Waals surface area contributed by atoms with Crippen LogP contribution in [0.15, 0.2) is 134 Å². The number of aliphatic hydroxyl groups excluding tert-OH is 2. The third-order valence-electron chi connectivity index (χ3n) is 11.7. The van der Waals surface area contributed by atoms with Crippen molar-refractivity contribution in [3.63, 3.8) is 0 Å². The van der Waals surface area contributed by atoms with Gasteiger partial charge in [0.05, 0.1) is 6.61 Å². The monoisotopic (exact) mass is 1040 g/mol. The average molecular weight is 1050 g/mol. The topological polar surface area (TPSA) is 175 Å². The zero-order valence-corrected chi connectivity index (χ0v) is 46.0. The summed E-state index contributed by atoms with van der Waals surface area (Å²) in [6.07, 6.45) is 57.3. The van der Waals surface area contributed by atoms with Crippen LogP contribution in [0.25, 0.3) is 0 Å². The number of carboxylic acids is 1. The standard InChI is InChI=1S/C63H96O12/c1-4-7-10-13-16-19-22-25-27-28-30-32-34-37-40-43-46-49-55(64)71-52-54(73-56(65)50-47-44-41-38-36-33-29-26-23-20-17-14-11-8-5-2)53-72-63-61(59(68)58(67)60(75-63)62(69)70)74-57(66)51-48-45-42-39-35-31-24-21-18-15-12-9-6-3/h7-12,16-21,25-27,29-32,35,42,45,54,58-61,63,67-68H,4-6,13-15,22-24,28,33-34,36-41,43-44,46-53H2,1-3H3,(H,69,70)/b10-7-,11-8-,12-9-,19-16-,20-17-,21-18-,27-25-,29-26-,32-30-,35-31-,45-42-. The smallest absolute Gasteiger partial charge is 0.335 e. The second-order valence-electron chi connectivity index (χ2n) is 18.4. The van der Waals surface area contributed by atoms with Crippen LogP contribution in [0.4, 0.5) is 0 Å². The molecule has 1 aliphatic heterocycles. The summed E-state index contributed by atoms with van der Waals surface area (Å²) in [5.41, 5.74) is 0. The minimum atomic E-state index is -1.94. The molecule has 0 aromatic heterocycles.